The quantitative estimate of drug-likeness (QED) is 0.667. The van der Waals surface area contributed by atoms with Gasteiger partial charge in [-0.15, -0.1) is 0 Å². The second-order valence-electron chi connectivity index (χ2n) is 8.13. The Balaban J connectivity index is 1.53. The Bertz CT molecular complexity index is 952. The molecule has 156 valence electrons. The lowest BCUT2D eigenvalue weighted by Crippen LogP contribution is -2.65. The Morgan fingerprint density at radius 2 is 1.57 bits per heavy atom. The van der Waals surface area contributed by atoms with Crippen molar-refractivity contribution >= 4 is 11.6 Å². The van der Waals surface area contributed by atoms with Crippen LogP contribution in [0.3, 0.4) is 0 Å². The van der Waals surface area contributed by atoms with Crippen LogP contribution in [0.2, 0.25) is 0 Å². The Hall–Kier alpha value is -2.79. The van der Waals surface area contributed by atoms with E-state index in [1.807, 2.05) is 12.2 Å². The van der Waals surface area contributed by atoms with Crippen molar-refractivity contribution in [3.8, 4) is 0 Å². The van der Waals surface area contributed by atoms with Crippen LogP contribution in [0.5, 0.6) is 0 Å². The lowest BCUT2D eigenvalue weighted by Gasteiger charge is -2.52. The highest BCUT2D eigenvalue weighted by atomic mass is 19.1. The van der Waals surface area contributed by atoms with Crippen molar-refractivity contribution in [2.24, 2.45) is 17.8 Å². The molecule has 3 nitrogen and oxygen atoms in total. The molecule has 1 saturated heterocycles. The summed E-state index contributed by atoms with van der Waals surface area (Å²) >= 11 is 0. The van der Waals surface area contributed by atoms with Crippen LogP contribution < -0.4 is 4.90 Å². The molecule has 1 N–H and O–H groups in total. The van der Waals surface area contributed by atoms with Gasteiger partial charge in [0.25, 0.3) is 0 Å². The van der Waals surface area contributed by atoms with Gasteiger partial charge in [0.1, 0.15) is 11.6 Å². The summed E-state index contributed by atoms with van der Waals surface area (Å²) in [5, 5.41) is 10.5. The van der Waals surface area contributed by atoms with Crippen molar-refractivity contribution < 1.29 is 18.7 Å². The number of aliphatic hydroxyl groups is 1. The predicted octanol–water partition coefficient (Wildman–Crippen LogP) is 5.19. The van der Waals surface area contributed by atoms with E-state index in [4.69, 9.17) is 0 Å². The third kappa shape index (κ3) is 3.94. The summed E-state index contributed by atoms with van der Waals surface area (Å²) in [5.74, 6) is -0.509. The van der Waals surface area contributed by atoms with Crippen molar-refractivity contribution in [3.63, 3.8) is 0 Å². The molecule has 2 unspecified atom stereocenters. The van der Waals surface area contributed by atoms with Gasteiger partial charge >= 0.3 is 0 Å². The van der Waals surface area contributed by atoms with E-state index in [1.54, 1.807) is 29.2 Å². The smallest absolute Gasteiger partial charge is 0.232 e. The van der Waals surface area contributed by atoms with E-state index in [9.17, 15) is 18.7 Å². The molecule has 2 aromatic carbocycles. The van der Waals surface area contributed by atoms with Gasteiger partial charge in [0.05, 0.1) is 18.1 Å². The molecule has 1 heterocycles. The predicted molar refractivity (Wildman–Crippen MR) is 113 cm³/mol. The Morgan fingerprint density at radius 3 is 2.20 bits per heavy atom. The Kier molecular flexibility index (Phi) is 5.82. The number of amides is 1. The van der Waals surface area contributed by atoms with Crippen LogP contribution >= 0.6 is 0 Å². The molecule has 1 amide bonds. The number of rotatable bonds is 6. The highest BCUT2D eigenvalue weighted by Gasteiger charge is 2.51. The van der Waals surface area contributed by atoms with Gasteiger partial charge in [0.15, 0.2) is 0 Å². The fraction of sp³-hybridized carbons (Fsp3) is 0.320. The van der Waals surface area contributed by atoms with Gasteiger partial charge in [0, 0.05) is 11.6 Å². The van der Waals surface area contributed by atoms with Crippen molar-refractivity contribution in [3.05, 3.63) is 90.0 Å². The summed E-state index contributed by atoms with van der Waals surface area (Å²) in [4.78, 5) is 14.8. The molecule has 2 aliphatic rings. The van der Waals surface area contributed by atoms with Crippen LogP contribution in [0.4, 0.5) is 14.5 Å². The molecule has 1 aliphatic carbocycles. The number of anilines is 1. The summed E-state index contributed by atoms with van der Waals surface area (Å²) < 4.78 is 26.5. The summed E-state index contributed by atoms with van der Waals surface area (Å²) in [6, 6.07) is 11.7. The molecule has 0 spiro atoms. The Morgan fingerprint density at radius 1 is 0.967 bits per heavy atom. The SMILES string of the molecule is CC1C=CC=CC1[C@@H]1[C@@H](CC[C@H](O)c2ccc(F)cc2)C(=O)N1c1ccc(F)cc1. The number of carbonyl (C=O) groups is 1. The largest absolute Gasteiger partial charge is 0.388 e. The van der Waals surface area contributed by atoms with Gasteiger partial charge in [-0.1, -0.05) is 43.4 Å². The van der Waals surface area contributed by atoms with Gasteiger partial charge in [-0.2, -0.15) is 0 Å². The maximum Gasteiger partial charge on any atom is 0.232 e. The number of β-lactam (4-membered cyclic amide) rings is 1. The molecule has 2 aromatic rings. The van der Waals surface area contributed by atoms with Gasteiger partial charge in [-0.05, 0) is 60.7 Å². The van der Waals surface area contributed by atoms with Gasteiger partial charge in [-0.25, -0.2) is 8.78 Å². The van der Waals surface area contributed by atoms with E-state index in [-0.39, 0.29) is 41.3 Å². The lowest BCUT2D eigenvalue weighted by molar-refractivity contribution is -0.132. The molecule has 1 aliphatic heterocycles. The standard InChI is InChI=1S/C25H25F2NO2/c1-16-4-2-3-5-21(16)24-22(14-15-23(29)17-6-8-18(26)9-7-17)25(30)28(24)20-12-10-19(27)11-13-20/h2-13,16,21-24,29H,14-15H2,1H3/t16?,21?,22-,23+,24-/m1/s1. The molecular weight excluding hydrogens is 384 g/mol. The third-order valence-electron chi connectivity index (χ3n) is 6.24. The van der Waals surface area contributed by atoms with Crippen LogP contribution in [-0.2, 0) is 4.79 Å². The van der Waals surface area contributed by atoms with Crippen LogP contribution in [0, 0.1) is 29.4 Å². The summed E-state index contributed by atoms with van der Waals surface area (Å²) in [5.41, 5.74) is 1.33. The zero-order chi connectivity index (χ0) is 21.3. The van der Waals surface area contributed by atoms with Crippen LogP contribution in [0.25, 0.3) is 0 Å². The Labute approximate surface area is 175 Å². The summed E-state index contributed by atoms with van der Waals surface area (Å²) in [6.07, 6.45) is 8.45. The van der Waals surface area contributed by atoms with E-state index < -0.39 is 6.10 Å². The third-order valence-corrected chi connectivity index (χ3v) is 6.24. The first-order valence-electron chi connectivity index (χ1n) is 10.3. The van der Waals surface area contributed by atoms with Gasteiger partial charge < -0.3 is 10.0 Å². The normalized spacial score (nSPS) is 26.5. The molecule has 0 bridgehead atoms. The fourth-order valence-corrected chi connectivity index (χ4v) is 4.55. The zero-order valence-electron chi connectivity index (χ0n) is 16.8. The molecule has 5 heteroatoms. The van der Waals surface area contributed by atoms with Crippen LogP contribution in [-0.4, -0.2) is 17.1 Å². The first kappa shape index (κ1) is 20.5. The molecule has 0 saturated carbocycles. The zero-order valence-corrected chi connectivity index (χ0v) is 16.8. The number of nitrogens with zero attached hydrogens (tertiary/aromatic N) is 1. The molecule has 1 fully saturated rings. The summed E-state index contributed by atoms with van der Waals surface area (Å²) in [7, 11) is 0. The van der Waals surface area contributed by atoms with E-state index in [1.165, 1.54) is 24.3 Å². The summed E-state index contributed by atoms with van der Waals surface area (Å²) in [6.45, 7) is 2.13. The highest BCUT2D eigenvalue weighted by Crippen LogP contribution is 2.43. The molecule has 0 radical (unpaired) electrons. The highest BCUT2D eigenvalue weighted by molar-refractivity contribution is 6.03. The van der Waals surface area contributed by atoms with E-state index in [0.29, 0.717) is 24.1 Å². The topological polar surface area (TPSA) is 40.5 Å². The molecule has 30 heavy (non-hydrogen) atoms. The molecule has 4 rings (SSSR count). The average molecular weight is 409 g/mol. The van der Waals surface area contributed by atoms with E-state index in [2.05, 4.69) is 19.1 Å². The number of benzene rings is 2. The van der Waals surface area contributed by atoms with Crippen molar-refractivity contribution in [2.45, 2.75) is 31.9 Å². The molecule has 5 atom stereocenters. The van der Waals surface area contributed by atoms with E-state index >= 15 is 0 Å². The second kappa shape index (κ2) is 8.52. The fourth-order valence-electron chi connectivity index (χ4n) is 4.55. The second-order valence-corrected chi connectivity index (χ2v) is 8.13. The first-order valence-corrected chi connectivity index (χ1v) is 10.3. The van der Waals surface area contributed by atoms with Crippen molar-refractivity contribution in [1.82, 2.24) is 0 Å². The minimum absolute atomic E-state index is 0.00642. The number of aliphatic hydroxyl groups excluding tert-OH is 1. The number of halogens is 2. The lowest BCUT2D eigenvalue weighted by atomic mass is 9.70. The maximum atomic E-state index is 13.4. The van der Waals surface area contributed by atoms with Crippen molar-refractivity contribution in [2.75, 3.05) is 4.90 Å². The molecular formula is C25H25F2NO2. The monoisotopic (exact) mass is 409 g/mol. The van der Waals surface area contributed by atoms with Crippen LogP contribution in [0.15, 0.2) is 72.8 Å². The van der Waals surface area contributed by atoms with Crippen LogP contribution in [0.1, 0.15) is 31.4 Å². The van der Waals surface area contributed by atoms with Gasteiger partial charge in [0.2, 0.25) is 5.91 Å². The van der Waals surface area contributed by atoms with Crippen molar-refractivity contribution in [1.29, 1.82) is 0 Å². The average Bonchev–Trinajstić information content (AvgIpc) is 2.74. The van der Waals surface area contributed by atoms with Gasteiger partial charge in [-0.3, -0.25) is 4.79 Å². The number of allylic oxidation sites excluding steroid dienone is 3. The maximum absolute atomic E-state index is 13.4. The number of carbonyl (C=O) groups excluding carboxylic acids is 1. The number of hydrogen-bond acceptors (Lipinski definition) is 2. The first-order chi connectivity index (χ1) is 14.5. The molecule has 0 aromatic heterocycles. The van der Waals surface area contributed by atoms with E-state index in [0.717, 1.165) is 0 Å². The minimum atomic E-state index is -0.752. The number of hydrogen-bond donors (Lipinski definition) is 1. The minimum Gasteiger partial charge on any atom is -0.388 e.